The summed E-state index contributed by atoms with van der Waals surface area (Å²) in [5.74, 6) is 1.86. The largest absolute Gasteiger partial charge is 0.492 e. The first-order valence-corrected chi connectivity index (χ1v) is 9.26. The van der Waals surface area contributed by atoms with Gasteiger partial charge in [0.25, 0.3) is 0 Å². The van der Waals surface area contributed by atoms with Crippen molar-refractivity contribution in [2.45, 2.75) is 32.2 Å². The van der Waals surface area contributed by atoms with Crippen LogP contribution in [0.1, 0.15) is 24.8 Å². The number of hydrogen-bond acceptors (Lipinski definition) is 3. The Morgan fingerprint density at radius 2 is 2.04 bits per heavy atom. The number of carbonyl (C=O) groups is 1. The van der Waals surface area contributed by atoms with Crippen molar-refractivity contribution in [2.75, 3.05) is 19.7 Å². The minimum absolute atomic E-state index is 0.0319. The van der Waals surface area contributed by atoms with E-state index in [1.807, 2.05) is 46.2 Å². The number of amides is 1. The van der Waals surface area contributed by atoms with Crippen LogP contribution in [-0.4, -0.2) is 40.3 Å². The standard InChI is InChI=1S/C20H25N3O2/c24-20(18-14-17-4-1-2-5-19(17)25-15-18)22-11-6-16(7-12-22)8-13-23-10-3-9-21-23/h1-5,9-10,16,18H,6-8,11-15H2/t18-/m0/s1. The molecule has 0 aliphatic carbocycles. The SMILES string of the molecule is O=C([C@@H]1COc2ccccc2C1)N1CCC(CCn2cccn2)CC1. The van der Waals surface area contributed by atoms with Crippen molar-refractivity contribution >= 4 is 5.91 Å². The molecule has 1 saturated heterocycles. The smallest absolute Gasteiger partial charge is 0.229 e. The van der Waals surface area contributed by atoms with E-state index in [1.165, 1.54) is 0 Å². The van der Waals surface area contributed by atoms with Gasteiger partial charge in [-0.2, -0.15) is 5.10 Å². The van der Waals surface area contributed by atoms with Gasteiger partial charge in [0.15, 0.2) is 0 Å². The molecule has 1 aromatic heterocycles. The summed E-state index contributed by atoms with van der Waals surface area (Å²) < 4.78 is 7.79. The fourth-order valence-electron chi connectivity index (χ4n) is 3.93. The summed E-state index contributed by atoms with van der Waals surface area (Å²) in [4.78, 5) is 14.9. The number of aryl methyl sites for hydroxylation is 1. The van der Waals surface area contributed by atoms with Gasteiger partial charge >= 0.3 is 0 Å². The molecule has 0 bridgehead atoms. The second kappa shape index (κ2) is 7.30. The average molecular weight is 339 g/mol. The van der Waals surface area contributed by atoms with Gasteiger partial charge in [0.2, 0.25) is 5.91 Å². The summed E-state index contributed by atoms with van der Waals surface area (Å²) in [6.45, 7) is 3.23. The zero-order valence-electron chi connectivity index (χ0n) is 14.5. The quantitative estimate of drug-likeness (QED) is 0.860. The normalized spacial score (nSPS) is 20.8. The van der Waals surface area contributed by atoms with E-state index >= 15 is 0 Å². The van der Waals surface area contributed by atoms with E-state index in [1.54, 1.807) is 0 Å². The van der Waals surface area contributed by atoms with E-state index in [-0.39, 0.29) is 11.8 Å². The number of carbonyl (C=O) groups excluding carboxylic acids is 1. The first-order chi connectivity index (χ1) is 12.3. The molecule has 1 amide bonds. The van der Waals surface area contributed by atoms with Crippen molar-refractivity contribution in [1.82, 2.24) is 14.7 Å². The van der Waals surface area contributed by atoms with Crippen LogP contribution in [0.4, 0.5) is 0 Å². The number of piperidine rings is 1. The first kappa shape index (κ1) is 16.2. The van der Waals surface area contributed by atoms with Crippen LogP contribution in [0.15, 0.2) is 42.7 Å². The lowest BCUT2D eigenvalue weighted by Crippen LogP contribution is -2.44. The minimum atomic E-state index is -0.0319. The van der Waals surface area contributed by atoms with E-state index in [0.29, 0.717) is 12.5 Å². The highest BCUT2D eigenvalue weighted by atomic mass is 16.5. The molecular formula is C20H25N3O2. The summed E-state index contributed by atoms with van der Waals surface area (Å²) >= 11 is 0. The number of nitrogens with zero attached hydrogens (tertiary/aromatic N) is 3. The number of ether oxygens (including phenoxy) is 1. The van der Waals surface area contributed by atoms with Crippen LogP contribution in [0.25, 0.3) is 0 Å². The second-order valence-corrected chi connectivity index (χ2v) is 7.15. The van der Waals surface area contributed by atoms with E-state index in [0.717, 1.165) is 56.6 Å². The van der Waals surface area contributed by atoms with Crippen molar-refractivity contribution in [1.29, 1.82) is 0 Å². The van der Waals surface area contributed by atoms with Crippen LogP contribution in [0.5, 0.6) is 5.75 Å². The lowest BCUT2D eigenvalue weighted by Gasteiger charge is -2.35. The molecule has 2 aliphatic heterocycles. The Bertz CT molecular complexity index is 705. The van der Waals surface area contributed by atoms with Crippen molar-refractivity contribution in [3.8, 4) is 5.75 Å². The Balaban J connectivity index is 1.27. The molecule has 1 aromatic carbocycles. The molecule has 0 saturated carbocycles. The summed E-state index contributed by atoms with van der Waals surface area (Å²) in [6, 6.07) is 10.0. The molecule has 2 aromatic rings. The molecule has 132 valence electrons. The van der Waals surface area contributed by atoms with Gasteiger partial charge in [0, 0.05) is 32.0 Å². The third-order valence-electron chi connectivity index (χ3n) is 5.48. The monoisotopic (exact) mass is 339 g/mol. The summed E-state index contributed by atoms with van der Waals surface area (Å²) in [5.41, 5.74) is 1.15. The van der Waals surface area contributed by atoms with Gasteiger partial charge < -0.3 is 9.64 Å². The summed E-state index contributed by atoms with van der Waals surface area (Å²) in [5, 5.41) is 4.26. The van der Waals surface area contributed by atoms with Crippen LogP contribution in [0, 0.1) is 11.8 Å². The molecule has 0 radical (unpaired) electrons. The van der Waals surface area contributed by atoms with Crippen LogP contribution in [0.2, 0.25) is 0 Å². The van der Waals surface area contributed by atoms with Gasteiger partial charge in [-0.15, -0.1) is 0 Å². The third kappa shape index (κ3) is 3.70. The molecule has 5 nitrogen and oxygen atoms in total. The highest BCUT2D eigenvalue weighted by Gasteiger charge is 2.31. The Kier molecular flexibility index (Phi) is 4.72. The maximum Gasteiger partial charge on any atom is 0.229 e. The fourth-order valence-corrected chi connectivity index (χ4v) is 3.93. The van der Waals surface area contributed by atoms with E-state index in [9.17, 15) is 4.79 Å². The fraction of sp³-hybridized carbons (Fsp3) is 0.500. The lowest BCUT2D eigenvalue weighted by atomic mass is 9.91. The maximum atomic E-state index is 12.8. The van der Waals surface area contributed by atoms with Crippen molar-refractivity contribution in [3.63, 3.8) is 0 Å². The number of benzene rings is 1. The van der Waals surface area contributed by atoms with Gasteiger partial charge in [0.1, 0.15) is 12.4 Å². The number of aromatic nitrogens is 2. The summed E-state index contributed by atoms with van der Waals surface area (Å²) in [7, 11) is 0. The Hall–Kier alpha value is -2.30. The predicted molar refractivity (Wildman–Crippen MR) is 95.3 cm³/mol. The Labute approximate surface area is 148 Å². The van der Waals surface area contributed by atoms with Gasteiger partial charge in [0.05, 0.1) is 5.92 Å². The Morgan fingerprint density at radius 1 is 1.20 bits per heavy atom. The zero-order chi connectivity index (χ0) is 17.1. The number of likely N-dealkylation sites (tertiary alicyclic amines) is 1. The Morgan fingerprint density at radius 3 is 2.84 bits per heavy atom. The average Bonchev–Trinajstić information content (AvgIpc) is 3.19. The topological polar surface area (TPSA) is 47.4 Å². The minimum Gasteiger partial charge on any atom is -0.492 e. The molecule has 0 N–H and O–H groups in total. The molecule has 1 fully saturated rings. The highest BCUT2D eigenvalue weighted by molar-refractivity contribution is 5.80. The predicted octanol–water partition coefficient (Wildman–Crippen LogP) is 2.76. The van der Waals surface area contributed by atoms with Gasteiger partial charge in [-0.05, 0) is 49.3 Å². The number of rotatable bonds is 4. The zero-order valence-corrected chi connectivity index (χ0v) is 14.5. The van der Waals surface area contributed by atoms with Gasteiger partial charge in [-0.1, -0.05) is 18.2 Å². The van der Waals surface area contributed by atoms with Crippen molar-refractivity contribution in [3.05, 3.63) is 48.3 Å². The molecular weight excluding hydrogens is 314 g/mol. The van der Waals surface area contributed by atoms with Gasteiger partial charge in [-0.3, -0.25) is 9.48 Å². The number of fused-ring (bicyclic) bond motifs is 1. The molecule has 0 spiro atoms. The molecule has 5 heteroatoms. The first-order valence-electron chi connectivity index (χ1n) is 9.26. The molecule has 2 aliphatic rings. The van der Waals surface area contributed by atoms with Crippen molar-refractivity contribution < 1.29 is 9.53 Å². The lowest BCUT2D eigenvalue weighted by molar-refractivity contribution is -0.138. The molecule has 25 heavy (non-hydrogen) atoms. The van der Waals surface area contributed by atoms with Crippen LogP contribution >= 0.6 is 0 Å². The molecule has 1 atom stereocenters. The van der Waals surface area contributed by atoms with E-state index < -0.39 is 0 Å². The van der Waals surface area contributed by atoms with E-state index in [2.05, 4.69) is 11.2 Å². The van der Waals surface area contributed by atoms with Crippen LogP contribution in [-0.2, 0) is 17.8 Å². The van der Waals surface area contributed by atoms with Crippen molar-refractivity contribution in [2.24, 2.45) is 11.8 Å². The van der Waals surface area contributed by atoms with Crippen LogP contribution < -0.4 is 4.74 Å². The highest BCUT2D eigenvalue weighted by Crippen LogP contribution is 2.29. The maximum absolute atomic E-state index is 12.8. The second-order valence-electron chi connectivity index (χ2n) is 7.15. The molecule has 4 rings (SSSR count). The summed E-state index contributed by atoms with van der Waals surface area (Å²) in [6.07, 6.45) is 7.97. The van der Waals surface area contributed by atoms with Crippen LogP contribution in [0.3, 0.4) is 0 Å². The molecule has 0 unspecified atom stereocenters. The molecule has 3 heterocycles. The number of para-hydroxylation sites is 1. The third-order valence-corrected chi connectivity index (χ3v) is 5.48. The van der Waals surface area contributed by atoms with E-state index in [4.69, 9.17) is 4.74 Å². The van der Waals surface area contributed by atoms with Gasteiger partial charge in [-0.25, -0.2) is 0 Å². The number of hydrogen-bond donors (Lipinski definition) is 0.